The van der Waals surface area contributed by atoms with Crippen molar-refractivity contribution in [2.45, 2.75) is 33.5 Å². The lowest BCUT2D eigenvalue weighted by Gasteiger charge is -2.19. The van der Waals surface area contributed by atoms with Crippen molar-refractivity contribution in [1.29, 1.82) is 0 Å². The number of pyridine rings is 1. The Morgan fingerprint density at radius 3 is 2.58 bits per heavy atom. The monoisotopic (exact) mass is 429 g/mol. The van der Waals surface area contributed by atoms with Crippen molar-refractivity contribution < 1.29 is 23.0 Å². The number of rotatable bonds is 8. The van der Waals surface area contributed by atoms with Crippen molar-refractivity contribution in [1.82, 2.24) is 14.5 Å². The van der Waals surface area contributed by atoms with Crippen LogP contribution >= 0.6 is 0 Å². The van der Waals surface area contributed by atoms with Crippen molar-refractivity contribution in [2.75, 3.05) is 14.2 Å². The second-order valence-electron chi connectivity index (χ2n) is 7.22. The molecule has 2 heterocycles. The number of nitrogens with zero attached hydrogens (tertiary/aromatic N) is 3. The Bertz CT molecular complexity index is 1050. The summed E-state index contributed by atoms with van der Waals surface area (Å²) >= 11 is 0. The van der Waals surface area contributed by atoms with E-state index in [2.05, 4.69) is 9.72 Å². The summed E-state index contributed by atoms with van der Waals surface area (Å²) in [4.78, 5) is 19.0. The molecule has 3 rings (SSSR count). The smallest absolute Gasteiger partial charge is 0.387 e. The third-order valence-corrected chi connectivity index (χ3v) is 5.06. The number of carbonyl (C=O) groups excluding carboxylic acids is 1. The summed E-state index contributed by atoms with van der Waals surface area (Å²) < 4.78 is 37.0. The number of carbonyl (C=O) groups is 1. The largest absolute Gasteiger partial charge is 0.493 e. The van der Waals surface area contributed by atoms with Gasteiger partial charge in [0.2, 0.25) is 0 Å². The minimum absolute atomic E-state index is 0.0654. The van der Waals surface area contributed by atoms with Gasteiger partial charge < -0.3 is 18.9 Å². The van der Waals surface area contributed by atoms with Crippen LogP contribution in [0, 0.1) is 13.8 Å². The van der Waals surface area contributed by atoms with Gasteiger partial charge in [-0.05, 0) is 49.7 Å². The maximum Gasteiger partial charge on any atom is 0.387 e. The molecular weight excluding hydrogens is 404 g/mol. The molecule has 31 heavy (non-hydrogen) atoms. The van der Waals surface area contributed by atoms with Crippen LogP contribution in [-0.4, -0.2) is 41.1 Å². The first kappa shape index (κ1) is 22.3. The number of hydrogen-bond acceptors (Lipinski definition) is 4. The Hall–Kier alpha value is -3.42. The number of amides is 1. The van der Waals surface area contributed by atoms with Gasteiger partial charge in [-0.1, -0.05) is 12.1 Å². The fourth-order valence-corrected chi connectivity index (χ4v) is 3.47. The first-order valence-electron chi connectivity index (χ1n) is 9.74. The van der Waals surface area contributed by atoms with Crippen molar-refractivity contribution in [3.8, 4) is 11.5 Å². The second kappa shape index (κ2) is 9.59. The van der Waals surface area contributed by atoms with Crippen LogP contribution in [0.2, 0.25) is 0 Å². The highest BCUT2D eigenvalue weighted by atomic mass is 19.3. The predicted molar refractivity (Wildman–Crippen MR) is 113 cm³/mol. The minimum Gasteiger partial charge on any atom is -0.493 e. The van der Waals surface area contributed by atoms with Crippen molar-refractivity contribution in [3.05, 3.63) is 76.9 Å². The van der Waals surface area contributed by atoms with Gasteiger partial charge in [0, 0.05) is 31.2 Å². The molecule has 0 fully saturated rings. The lowest BCUT2D eigenvalue weighted by molar-refractivity contribution is -0.0512. The van der Waals surface area contributed by atoms with Crippen LogP contribution in [0.3, 0.4) is 0 Å². The summed E-state index contributed by atoms with van der Waals surface area (Å²) in [5, 5.41) is 0. The number of aromatic nitrogens is 2. The highest BCUT2D eigenvalue weighted by Gasteiger charge is 2.20. The van der Waals surface area contributed by atoms with Crippen LogP contribution in [0.4, 0.5) is 8.78 Å². The number of halogens is 2. The van der Waals surface area contributed by atoms with E-state index in [9.17, 15) is 13.6 Å². The van der Waals surface area contributed by atoms with Crippen LogP contribution in [0.5, 0.6) is 11.5 Å². The summed E-state index contributed by atoms with van der Waals surface area (Å²) in [6, 6.07) is 12.3. The first-order chi connectivity index (χ1) is 14.8. The molecule has 1 aromatic carbocycles. The summed E-state index contributed by atoms with van der Waals surface area (Å²) in [6.45, 7) is 1.69. The van der Waals surface area contributed by atoms with Gasteiger partial charge in [0.25, 0.3) is 5.91 Å². The Morgan fingerprint density at radius 2 is 1.94 bits per heavy atom. The number of aryl methyl sites for hydroxylation is 1. The maximum absolute atomic E-state index is 13.1. The number of benzene rings is 1. The molecule has 8 heteroatoms. The molecule has 0 aliphatic rings. The summed E-state index contributed by atoms with van der Waals surface area (Å²) in [6.07, 6.45) is 1.74. The molecule has 0 saturated carbocycles. The van der Waals surface area contributed by atoms with E-state index in [0.717, 1.165) is 17.1 Å². The van der Waals surface area contributed by atoms with Crippen LogP contribution < -0.4 is 9.47 Å². The molecule has 0 spiro atoms. The molecule has 1 amide bonds. The molecule has 0 aliphatic heterocycles. The molecular formula is C23H25F2N3O3. The molecule has 3 aromatic rings. The SMILES string of the molecule is COc1ccc(CN(C)C(=O)c2cc(C)n(Cc3ccccn3)c2C)cc1OC(F)F. The van der Waals surface area contributed by atoms with Gasteiger partial charge in [-0.3, -0.25) is 9.78 Å². The number of methoxy groups -OCH3 is 1. The van der Waals surface area contributed by atoms with Gasteiger partial charge >= 0.3 is 6.61 Å². The van der Waals surface area contributed by atoms with E-state index in [1.807, 2.05) is 42.7 Å². The van der Waals surface area contributed by atoms with Crippen LogP contribution in [0.25, 0.3) is 0 Å². The molecule has 6 nitrogen and oxygen atoms in total. The Balaban J connectivity index is 1.78. The molecule has 0 radical (unpaired) electrons. The maximum atomic E-state index is 13.1. The van der Waals surface area contributed by atoms with Gasteiger partial charge in [0.1, 0.15) is 0 Å². The fourth-order valence-electron chi connectivity index (χ4n) is 3.47. The van der Waals surface area contributed by atoms with Gasteiger partial charge in [0.15, 0.2) is 11.5 Å². The van der Waals surface area contributed by atoms with Gasteiger partial charge in [-0.25, -0.2) is 0 Å². The Kier molecular flexibility index (Phi) is 6.89. The topological polar surface area (TPSA) is 56.6 Å². The number of alkyl halides is 2. The molecule has 0 saturated heterocycles. The van der Waals surface area contributed by atoms with Crippen molar-refractivity contribution in [2.24, 2.45) is 0 Å². The second-order valence-corrected chi connectivity index (χ2v) is 7.22. The van der Waals surface area contributed by atoms with Gasteiger partial charge in [-0.2, -0.15) is 8.78 Å². The predicted octanol–water partition coefficient (Wildman–Crippen LogP) is 4.43. The Morgan fingerprint density at radius 1 is 1.16 bits per heavy atom. The normalized spacial score (nSPS) is 10.9. The summed E-state index contributed by atoms with van der Waals surface area (Å²) in [7, 11) is 3.05. The molecule has 0 bridgehead atoms. The minimum atomic E-state index is -2.96. The van der Waals surface area contributed by atoms with E-state index in [4.69, 9.17) is 4.74 Å². The van der Waals surface area contributed by atoms with Crippen molar-refractivity contribution >= 4 is 5.91 Å². The van der Waals surface area contributed by atoms with E-state index in [1.54, 1.807) is 30.3 Å². The number of ether oxygens (including phenoxy) is 2. The van der Waals surface area contributed by atoms with E-state index in [0.29, 0.717) is 17.7 Å². The van der Waals surface area contributed by atoms with E-state index in [-0.39, 0.29) is 24.0 Å². The highest BCUT2D eigenvalue weighted by molar-refractivity contribution is 5.95. The van der Waals surface area contributed by atoms with Crippen LogP contribution in [0.1, 0.15) is 33.0 Å². The molecule has 0 unspecified atom stereocenters. The molecule has 0 N–H and O–H groups in total. The Labute approximate surface area is 180 Å². The van der Waals surface area contributed by atoms with Crippen LogP contribution in [-0.2, 0) is 13.1 Å². The summed E-state index contributed by atoms with van der Waals surface area (Å²) in [5.41, 5.74) is 3.94. The quantitative estimate of drug-likeness (QED) is 0.532. The lowest BCUT2D eigenvalue weighted by atomic mass is 10.1. The van der Waals surface area contributed by atoms with Gasteiger partial charge in [-0.15, -0.1) is 0 Å². The third kappa shape index (κ3) is 5.20. The summed E-state index contributed by atoms with van der Waals surface area (Å²) in [5.74, 6) is -0.0204. The van der Waals surface area contributed by atoms with E-state index < -0.39 is 6.61 Å². The fraction of sp³-hybridized carbons (Fsp3) is 0.304. The van der Waals surface area contributed by atoms with E-state index in [1.165, 1.54) is 13.2 Å². The van der Waals surface area contributed by atoms with Gasteiger partial charge in [0.05, 0.1) is 24.9 Å². The highest BCUT2D eigenvalue weighted by Crippen LogP contribution is 2.30. The third-order valence-electron chi connectivity index (χ3n) is 5.06. The zero-order chi connectivity index (χ0) is 22.5. The standard InChI is InChI=1S/C23H25F2N3O3/c1-15-11-19(16(2)28(15)14-18-7-5-6-10-26-18)22(29)27(3)13-17-8-9-20(30-4)21(12-17)31-23(24)25/h5-12,23H,13-14H2,1-4H3. The average Bonchev–Trinajstić information content (AvgIpc) is 3.02. The van der Waals surface area contributed by atoms with E-state index >= 15 is 0 Å². The molecule has 164 valence electrons. The molecule has 2 aromatic heterocycles. The first-order valence-corrected chi connectivity index (χ1v) is 9.74. The average molecular weight is 429 g/mol. The lowest BCUT2D eigenvalue weighted by Crippen LogP contribution is -2.26. The zero-order valence-corrected chi connectivity index (χ0v) is 17.9. The van der Waals surface area contributed by atoms with Crippen molar-refractivity contribution in [3.63, 3.8) is 0 Å². The van der Waals surface area contributed by atoms with Crippen LogP contribution in [0.15, 0.2) is 48.7 Å². The zero-order valence-electron chi connectivity index (χ0n) is 17.9. The molecule has 0 aliphatic carbocycles. The molecule has 0 atom stereocenters. The number of hydrogen-bond donors (Lipinski definition) is 0.